The van der Waals surface area contributed by atoms with Crippen LogP contribution in [0, 0.1) is 6.92 Å². The molecule has 3 rings (SSSR count). The summed E-state index contributed by atoms with van der Waals surface area (Å²) in [5, 5.41) is 3.16. The van der Waals surface area contributed by atoms with Gasteiger partial charge in [0, 0.05) is 31.9 Å². The first kappa shape index (κ1) is 18.5. The first-order chi connectivity index (χ1) is 12.6. The van der Waals surface area contributed by atoms with Crippen LogP contribution in [0.25, 0.3) is 0 Å². The van der Waals surface area contributed by atoms with E-state index in [1.54, 1.807) is 0 Å². The zero-order valence-electron chi connectivity index (χ0n) is 16.0. The van der Waals surface area contributed by atoms with Gasteiger partial charge in [0.2, 0.25) is 0 Å². The molecule has 1 saturated heterocycles. The fraction of sp³-hybridized carbons (Fsp3) is 0.409. The summed E-state index contributed by atoms with van der Waals surface area (Å²) >= 11 is 0. The topological polar surface area (TPSA) is 35.6 Å². The molecule has 1 heterocycles. The molecule has 1 aliphatic rings. The average molecular weight is 351 g/mol. The van der Waals surface area contributed by atoms with Crippen molar-refractivity contribution < 1.29 is 4.79 Å². The number of hydrogen-bond acceptors (Lipinski definition) is 3. The van der Waals surface area contributed by atoms with E-state index in [0.29, 0.717) is 6.54 Å². The largest absolute Gasteiger partial charge is 0.377 e. The monoisotopic (exact) mass is 351 g/mol. The van der Waals surface area contributed by atoms with Gasteiger partial charge < -0.3 is 10.2 Å². The molecule has 1 amide bonds. The molecule has 0 aliphatic carbocycles. The third kappa shape index (κ3) is 4.25. The summed E-state index contributed by atoms with van der Waals surface area (Å²) < 4.78 is 0. The minimum absolute atomic E-state index is 0.00136. The van der Waals surface area contributed by atoms with Crippen molar-refractivity contribution in [1.82, 2.24) is 10.2 Å². The second kappa shape index (κ2) is 8.37. The van der Waals surface area contributed by atoms with Crippen molar-refractivity contribution >= 4 is 11.6 Å². The summed E-state index contributed by atoms with van der Waals surface area (Å²) in [5.41, 5.74) is 4.25. The number of hydrogen-bond donors (Lipinski definition) is 1. The highest BCUT2D eigenvalue weighted by molar-refractivity contribution is 5.95. The third-order valence-corrected chi connectivity index (χ3v) is 5.16. The number of anilines is 1. The molecule has 1 N–H and O–H groups in total. The van der Waals surface area contributed by atoms with Crippen LogP contribution in [-0.4, -0.2) is 44.5 Å². The Kier molecular flexibility index (Phi) is 5.94. The van der Waals surface area contributed by atoms with Crippen molar-refractivity contribution in [3.63, 3.8) is 0 Å². The molecule has 0 radical (unpaired) electrons. The quantitative estimate of drug-likeness (QED) is 0.863. The Bertz CT molecular complexity index is 736. The molecule has 1 atom stereocenters. The van der Waals surface area contributed by atoms with Crippen LogP contribution in [0.2, 0.25) is 0 Å². The van der Waals surface area contributed by atoms with Gasteiger partial charge >= 0.3 is 0 Å². The molecule has 0 bridgehead atoms. The number of nitrogens with one attached hydrogen (secondary N) is 1. The van der Waals surface area contributed by atoms with E-state index in [4.69, 9.17) is 0 Å². The Balaban J connectivity index is 1.70. The number of likely N-dealkylation sites (tertiary alicyclic amines) is 1. The van der Waals surface area contributed by atoms with Gasteiger partial charge in [0.15, 0.2) is 0 Å². The second-order valence-corrected chi connectivity index (χ2v) is 7.28. The number of carbonyl (C=O) groups excluding carboxylic acids is 1. The van der Waals surface area contributed by atoms with Gasteiger partial charge in [-0.25, -0.2) is 0 Å². The lowest BCUT2D eigenvalue weighted by atomic mass is 10.0. The molecule has 0 saturated carbocycles. The summed E-state index contributed by atoms with van der Waals surface area (Å²) in [7, 11) is 4.03. The Morgan fingerprint density at radius 3 is 2.42 bits per heavy atom. The van der Waals surface area contributed by atoms with E-state index in [1.165, 1.54) is 18.4 Å². The van der Waals surface area contributed by atoms with Gasteiger partial charge in [-0.15, -0.1) is 0 Å². The standard InChI is InChI=1S/C22H29N3O/c1-17-15-19(11-12-20(17)24(2)3)22(26)23-16-21(25-13-7-8-14-25)18-9-5-4-6-10-18/h4-6,9-12,15,21H,7-8,13-14,16H2,1-3H3,(H,23,26). The van der Waals surface area contributed by atoms with Crippen molar-refractivity contribution in [1.29, 1.82) is 0 Å². The number of rotatable bonds is 6. The average Bonchev–Trinajstić information content (AvgIpc) is 3.16. The van der Waals surface area contributed by atoms with Crippen LogP contribution < -0.4 is 10.2 Å². The van der Waals surface area contributed by atoms with Gasteiger partial charge in [0.25, 0.3) is 5.91 Å². The molecule has 4 nitrogen and oxygen atoms in total. The molecule has 2 aromatic carbocycles. The molecule has 26 heavy (non-hydrogen) atoms. The zero-order valence-corrected chi connectivity index (χ0v) is 16.0. The van der Waals surface area contributed by atoms with Crippen LogP contribution in [-0.2, 0) is 0 Å². The lowest BCUT2D eigenvalue weighted by molar-refractivity contribution is 0.0938. The predicted molar refractivity (Wildman–Crippen MR) is 108 cm³/mol. The molecule has 1 fully saturated rings. The smallest absolute Gasteiger partial charge is 0.251 e. The first-order valence-corrected chi connectivity index (χ1v) is 9.41. The van der Waals surface area contributed by atoms with E-state index in [-0.39, 0.29) is 11.9 Å². The van der Waals surface area contributed by atoms with Crippen molar-refractivity contribution in [2.75, 3.05) is 38.6 Å². The van der Waals surface area contributed by atoms with Crippen molar-refractivity contribution in [2.24, 2.45) is 0 Å². The zero-order chi connectivity index (χ0) is 18.5. The van der Waals surface area contributed by atoms with E-state index in [2.05, 4.69) is 39.4 Å². The van der Waals surface area contributed by atoms with Crippen LogP contribution >= 0.6 is 0 Å². The maximum atomic E-state index is 12.7. The summed E-state index contributed by atoms with van der Waals surface area (Å²) in [6.07, 6.45) is 2.48. The Morgan fingerprint density at radius 2 is 1.81 bits per heavy atom. The van der Waals surface area contributed by atoms with Gasteiger partial charge in [0.05, 0.1) is 6.04 Å². The van der Waals surface area contributed by atoms with E-state index in [9.17, 15) is 4.79 Å². The lowest BCUT2D eigenvalue weighted by Crippen LogP contribution is -2.36. The summed E-state index contributed by atoms with van der Waals surface area (Å²) in [4.78, 5) is 17.2. The maximum absolute atomic E-state index is 12.7. The van der Waals surface area contributed by atoms with Crippen LogP contribution in [0.1, 0.15) is 40.4 Å². The minimum atomic E-state index is -0.00136. The van der Waals surface area contributed by atoms with E-state index in [0.717, 1.165) is 29.9 Å². The van der Waals surface area contributed by atoms with E-state index >= 15 is 0 Å². The third-order valence-electron chi connectivity index (χ3n) is 5.16. The fourth-order valence-electron chi connectivity index (χ4n) is 3.78. The number of amides is 1. The van der Waals surface area contributed by atoms with E-state index < -0.39 is 0 Å². The highest BCUT2D eigenvalue weighted by Gasteiger charge is 2.24. The van der Waals surface area contributed by atoms with Crippen LogP contribution in [0.3, 0.4) is 0 Å². The van der Waals surface area contributed by atoms with Crippen LogP contribution in [0.5, 0.6) is 0 Å². The Labute approximate surface area is 156 Å². The minimum Gasteiger partial charge on any atom is -0.377 e. The van der Waals surface area contributed by atoms with E-state index in [1.807, 2.05) is 45.3 Å². The maximum Gasteiger partial charge on any atom is 0.251 e. The van der Waals surface area contributed by atoms with Gasteiger partial charge in [0.1, 0.15) is 0 Å². The van der Waals surface area contributed by atoms with Gasteiger partial charge in [-0.1, -0.05) is 30.3 Å². The lowest BCUT2D eigenvalue weighted by Gasteiger charge is -2.28. The molecule has 1 unspecified atom stereocenters. The highest BCUT2D eigenvalue weighted by Crippen LogP contribution is 2.25. The molecule has 2 aromatic rings. The van der Waals surface area contributed by atoms with Gasteiger partial charge in [-0.2, -0.15) is 0 Å². The molecule has 0 spiro atoms. The molecule has 4 heteroatoms. The molecule has 138 valence electrons. The first-order valence-electron chi connectivity index (χ1n) is 9.41. The van der Waals surface area contributed by atoms with Crippen molar-refractivity contribution in [3.05, 3.63) is 65.2 Å². The molecular weight excluding hydrogens is 322 g/mol. The van der Waals surface area contributed by atoms with Gasteiger partial charge in [-0.3, -0.25) is 9.69 Å². The summed E-state index contributed by atoms with van der Waals surface area (Å²) in [6.45, 7) is 4.89. The predicted octanol–water partition coefficient (Wildman–Crippen LogP) is 3.63. The second-order valence-electron chi connectivity index (χ2n) is 7.28. The number of nitrogens with zero attached hydrogens (tertiary/aromatic N) is 2. The Hall–Kier alpha value is -2.33. The summed E-state index contributed by atoms with van der Waals surface area (Å²) in [6, 6.07) is 16.6. The number of carbonyl (C=O) groups is 1. The van der Waals surface area contributed by atoms with Crippen molar-refractivity contribution in [2.45, 2.75) is 25.8 Å². The van der Waals surface area contributed by atoms with Crippen molar-refractivity contribution in [3.8, 4) is 0 Å². The van der Waals surface area contributed by atoms with Crippen LogP contribution in [0.4, 0.5) is 5.69 Å². The summed E-state index contributed by atoms with van der Waals surface area (Å²) in [5.74, 6) is -0.00136. The highest BCUT2D eigenvalue weighted by atomic mass is 16.1. The molecule has 0 aromatic heterocycles. The van der Waals surface area contributed by atoms with Gasteiger partial charge in [-0.05, 0) is 62.2 Å². The molecule has 1 aliphatic heterocycles. The normalized spacial score (nSPS) is 15.7. The number of benzene rings is 2. The number of aryl methyl sites for hydroxylation is 1. The Morgan fingerprint density at radius 1 is 1.12 bits per heavy atom. The van der Waals surface area contributed by atoms with Crippen LogP contribution in [0.15, 0.2) is 48.5 Å². The molecular formula is C22H29N3O. The fourth-order valence-corrected chi connectivity index (χ4v) is 3.78. The SMILES string of the molecule is Cc1cc(C(=O)NCC(c2ccccc2)N2CCCC2)ccc1N(C)C.